The molecule has 1 saturated heterocycles. The van der Waals surface area contributed by atoms with Crippen molar-refractivity contribution in [1.29, 1.82) is 0 Å². The lowest BCUT2D eigenvalue weighted by Gasteiger charge is -2.36. The minimum Gasteiger partial charge on any atom is -0.367 e. The number of benzene rings is 1. The highest BCUT2D eigenvalue weighted by molar-refractivity contribution is 9.08. The third-order valence-electron chi connectivity index (χ3n) is 3.42. The number of hydrogen-bond donors (Lipinski definition) is 0. The van der Waals surface area contributed by atoms with Crippen LogP contribution in [0.1, 0.15) is 18.9 Å². The zero-order chi connectivity index (χ0) is 13.0. The van der Waals surface area contributed by atoms with Gasteiger partial charge in [-0.25, -0.2) is 4.39 Å². The van der Waals surface area contributed by atoms with Crippen LogP contribution in [-0.2, 0) is 5.33 Å². The van der Waals surface area contributed by atoms with Crippen LogP contribution >= 0.6 is 15.9 Å². The molecular weight excluding hydrogens is 295 g/mol. The molecule has 100 valence electrons. The van der Waals surface area contributed by atoms with E-state index in [1.807, 2.05) is 12.1 Å². The van der Waals surface area contributed by atoms with Crippen molar-refractivity contribution in [2.45, 2.75) is 18.7 Å². The maximum Gasteiger partial charge on any atom is 0.146 e. The van der Waals surface area contributed by atoms with Crippen LogP contribution < -0.4 is 4.90 Å². The normalized spacial score (nSPS) is 17.2. The number of rotatable bonds is 4. The monoisotopic (exact) mass is 314 g/mol. The second-order valence-electron chi connectivity index (χ2n) is 4.75. The highest BCUT2D eigenvalue weighted by Gasteiger charge is 2.18. The molecule has 2 nitrogen and oxygen atoms in total. The van der Waals surface area contributed by atoms with Crippen LogP contribution in [0, 0.1) is 5.82 Å². The average molecular weight is 315 g/mol. The van der Waals surface area contributed by atoms with Crippen molar-refractivity contribution in [3.8, 4) is 0 Å². The van der Waals surface area contributed by atoms with E-state index in [9.17, 15) is 4.39 Å². The van der Waals surface area contributed by atoms with Gasteiger partial charge in [-0.15, -0.1) is 0 Å². The Morgan fingerprint density at radius 3 is 2.50 bits per heavy atom. The third kappa shape index (κ3) is 3.23. The molecule has 1 fully saturated rings. The Morgan fingerprint density at radius 2 is 1.94 bits per heavy atom. The van der Waals surface area contributed by atoms with Gasteiger partial charge in [-0.1, -0.05) is 28.9 Å². The van der Waals surface area contributed by atoms with Gasteiger partial charge in [-0.3, -0.25) is 4.90 Å². The molecule has 0 saturated carbocycles. The Bertz CT molecular complexity index is 389. The van der Waals surface area contributed by atoms with Crippen LogP contribution in [0.3, 0.4) is 0 Å². The lowest BCUT2D eigenvalue weighted by atomic mass is 10.2. The summed E-state index contributed by atoms with van der Waals surface area (Å²) in [6, 6.07) is 5.52. The fourth-order valence-electron chi connectivity index (χ4n) is 2.42. The van der Waals surface area contributed by atoms with Gasteiger partial charge in [-0.2, -0.15) is 0 Å². The van der Waals surface area contributed by atoms with Crippen LogP contribution in [0.15, 0.2) is 18.2 Å². The van der Waals surface area contributed by atoms with Crippen molar-refractivity contribution >= 4 is 21.6 Å². The van der Waals surface area contributed by atoms with E-state index in [0.29, 0.717) is 5.33 Å². The molecule has 0 unspecified atom stereocenters. The molecule has 0 spiro atoms. The van der Waals surface area contributed by atoms with Crippen molar-refractivity contribution in [1.82, 2.24) is 4.90 Å². The van der Waals surface area contributed by atoms with Gasteiger partial charge in [0.2, 0.25) is 0 Å². The summed E-state index contributed by atoms with van der Waals surface area (Å²) in [5.41, 5.74) is 1.73. The Balaban J connectivity index is 2.01. The van der Waals surface area contributed by atoms with Crippen LogP contribution in [-0.4, -0.2) is 37.6 Å². The van der Waals surface area contributed by atoms with Gasteiger partial charge in [0.05, 0.1) is 5.69 Å². The number of alkyl halides is 1. The first-order valence-corrected chi connectivity index (χ1v) is 7.68. The Labute approximate surface area is 117 Å². The molecule has 0 aliphatic carbocycles. The lowest BCUT2D eigenvalue weighted by molar-refractivity contribution is 0.258. The summed E-state index contributed by atoms with van der Waals surface area (Å²) < 4.78 is 14.0. The van der Waals surface area contributed by atoms with Crippen LogP contribution in [0.2, 0.25) is 0 Å². The van der Waals surface area contributed by atoms with E-state index in [-0.39, 0.29) is 5.82 Å². The minimum atomic E-state index is -0.101. The molecular formula is C14H20BrFN2. The van der Waals surface area contributed by atoms with E-state index in [1.165, 1.54) is 6.42 Å². The maximum atomic E-state index is 14.0. The Morgan fingerprint density at radius 1 is 1.22 bits per heavy atom. The average Bonchev–Trinajstić information content (AvgIpc) is 2.40. The van der Waals surface area contributed by atoms with Gasteiger partial charge in [-0.05, 0) is 30.7 Å². The number of anilines is 1. The van der Waals surface area contributed by atoms with Crippen LogP contribution in [0.4, 0.5) is 10.1 Å². The zero-order valence-electron chi connectivity index (χ0n) is 10.8. The van der Waals surface area contributed by atoms with E-state index < -0.39 is 0 Å². The highest BCUT2D eigenvalue weighted by atomic mass is 79.9. The second-order valence-corrected chi connectivity index (χ2v) is 5.31. The number of nitrogens with zero attached hydrogens (tertiary/aromatic N) is 2. The fourth-order valence-corrected chi connectivity index (χ4v) is 2.77. The van der Waals surface area contributed by atoms with Crippen molar-refractivity contribution < 1.29 is 4.39 Å². The molecule has 0 amide bonds. The van der Waals surface area contributed by atoms with Gasteiger partial charge in [0.25, 0.3) is 0 Å². The molecule has 1 aromatic rings. The maximum absolute atomic E-state index is 14.0. The number of piperazine rings is 1. The predicted molar refractivity (Wildman–Crippen MR) is 78.0 cm³/mol. The van der Waals surface area contributed by atoms with E-state index in [4.69, 9.17) is 0 Å². The largest absolute Gasteiger partial charge is 0.367 e. The first kappa shape index (κ1) is 13.8. The van der Waals surface area contributed by atoms with Gasteiger partial charge in [0, 0.05) is 31.5 Å². The quantitative estimate of drug-likeness (QED) is 0.787. The molecule has 18 heavy (non-hydrogen) atoms. The summed E-state index contributed by atoms with van der Waals surface area (Å²) in [6.45, 7) is 7.26. The summed E-state index contributed by atoms with van der Waals surface area (Å²) in [5.74, 6) is -0.101. The molecule has 0 radical (unpaired) electrons. The summed E-state index contributed by atoms with van der Waals surface area (Å²) in [6.07, 6.45) is 1.19. The summed E-state index contributed by atoms with van der Waals surface area (Å²) in [5, 5.41) is 0.703. The predicted octanol–water partition coefficient (Wildman–Crippen LogP) is 3.25. The van der Waals surface area contributed by atoms with Gasteiger partial charge < -0.3 is 4.90 Å². The number of halogens is 2. The lowest BCUT2D eigenvalue weighted by Crippen LogP contribution is -2.46. The molecule has 0 atom stereocenters. The highest BCUT2D eigenvalue weighted by Crippen LogP contribution is 2.22. The van der Waals surface area contributed by atoms with E-state index >= 15 is 0 Å². The Kier molecular flexibility index (Phi) is 5.01. The van der Waals surface area contributed by atoms with Crippen molar-refractivity contribution in [3.63, 3.8) is 0 Å². The third-order valence-corrected chi connectivity index (χ3v) is 4.07. The minimum absolute atomic E-state index is 0.101. The van der Waals surface area contributed by atoms with Gasteiger partial charge in [0.1, 0.15) is 5.82 Å². The zero-order valence-corrected chi connectivity index (χ0v) is 12.4. The first-order chi connectivity index (χ1) is 8.74. The van der Waals surface area contributed by atoms with E-state index in [1.54, 1.807) is 6.07 Å². The van der Waals surface area contributed by atoms with Gasteiger partial charge in [0.15, 0.2) is 0 Å². The molecule has 1 aliphatic heterocycles. The topological polar surface area (TPSA) is 6.48 Å². The summed E-state index contributed by atoms with van der Waals surface area (Å²) in [4.78, 5) is 4.60. The molecule has 2 rings (SSSR count). The molecule has 0 bridgehead atoms. The van der Waals surface area contributed by atoms with Gasteiger partial charge >= 0.3 is 0 Å². The molecule has 4 heteroatoms. The van der Waals surface area contributed by atoms with Crippen LogP contribution in [0.5, 0.6) is 0 Å². The summed E-state index contributed by atoms with van der Waals surface area (Å²) in [7, 11) is 0. The molecule has 1 heterocycles. The molecule has 1 aromatic carbocycles. The van der Waals surface area contributed by atoms with Crippen LogP contribution in [0.25, 0.3) is 0 Å². The number of hydrogen-bond acceptors (Lipinski definition) is 2. The molecule has 0 N–H and O–H groups in total. The van der Waals surface area contributed by atoms with Crippen molar-refractivity contribution in [3.05, 3.63) is 29.6 Å². The standard InChI is InChI=1S/C14H20BrFN2/c1-2-5-17-6-8-18(9-7-17)14-4-3-12(11-15)10-13(14)16/h3-4,10H,2,5-9,11H2,1H3. The first-order valence-electron chi connectivity index (χ1n) is 6.56. The second kappa shape index (κ2) is 6.53. The smallest absolute Gasteiger partial charge is 0.146 e. The SMILES string of the molecule is CCCN1CCN(c2ccc(CBr)cc2F)CC1. The van der Waals surface area contributed by atoms with E-state index in [0.717, 1.165) is 44.0 Å². The Hall–Kier alpha value is -0.610. The van der Waals surface area contributed by atoms with Crippen molar-refractivity contribution in [2.24, 2.45) is 0 Å². The van der Waals surface area contributed by atoms with E-state index in [2.05, 4.69) is 32.7 Å². The molecule has 0 aromatic heterocycles. The summed E-state index contributed by atoms with van der Waals surface area (Å²) >= 11 is 3.35. The van der Waals surface area contributed by atoms with Crippen molar-refractivity contribution in [2.75, 3.05) is 37.6 Å². The fraction of sp³-hybridized carbons (Fsp3) is 0.571. The molecule has 1 aliphatic rings.